The van der Waals surface area contributed by atoms with Gasteiger partial charge in [-0.2, -0.15) is 0 Å². The van der Waals surface area contributed by atoms with Gasteiger partial charge in [-0.15, -0.1) is 0 Å². The van der Waals surface area contributed by atoms with Crippen molar-refractivity contribution in [1.82, 2.24) is 15.5 Å². The third-order valence-electron chi connectivity index (χ3n) is 2.70. The Morgan fingerprint density at radius 1 is 1.00 bits per heavy atom. The molecule has 0 unspecified atom stereocenters. The van der Waals surface area contributed by atoms with Crippen molar-refractivity contribution < 1.29 is 9.59 Å². The lowest BCUT2D eigenvalue weighted by molar-refractivity contribution is -0.147. The molecule has 0 aromatic rings. The molecule has 1 aliphatic rings. The van der Waals surface area contributed by atoms with Crippen LogP contribution in [0.15, 0.2) is 0 Å². The maximum Gasteiger partial charge on any atom is 0.229 e. The van der Waals surface area contributed by atoms with Crippen molar-refractivity contribution in [3.8, 4) is 0 Å². The van der Waals surface area contributed by atoms with Crippen molar-refractivity contribution in [2.75, 3.05) is 39.3 Å². The van der Waals surface area contributed by atoms with E-state index in [0.29, 0.717) is 38.9 Å². The third kappa shape index (κ3) is 5.25. The van der Waals surface area contributed by atoms with Gasteiger partial charge in [-0.1, -0.05) is 0 Å². The number of amides is 2. The summed E-state index contributed by atoms with van der Waals surface area (Å²) in [5.41, 5.74) is 5.33. The van der Waals surface area contributed by atoms with Crippen molar-refractivity contribution in [2.45, 2.75) is 19.3 Å². The first-order chi connectivity index (χ1) is 8.25. The van der Waals surface area contributed by atoms with Crippen LogP contribution in [0.2, 0.25) is 0 Å². The zero-order valence-corrected chi connectivity index (χ0v) is 10.2. The van der Waals surface area contributed by atoms with E-state index >= 15 is 0 Å². The molecule has 17 heavy (non-hydrogen) atoms. The highest BCUT2D eigenvalue weighted by Crippen LogP contribution is 2.10. The monoisotopic (exact) mass is 242 g/mol. The predicted molar refractivity (Wildman–Crippen MR) is 65.4 cm³/mol. The molecule has 0 radical (unpaired) electrons. The molecule has 0 bridgehead atoms. The number of hydrogen-bond acceptors (Lipinski definition) is 5. The lowest BCUT2D eigenvalue weighted by Crippen LogP contribution is -2.44. The molecule has 98 valence electrons. The summed E-state index contributed by atoms with van der Waals surface area (Å²) < 4.78 is 0. The Kier molecular flexibility index (Phi) is 6.76. The number of nitrogens with zero attached hydrogens (tertiary/aromatic N) is 1. The largest absolute Gasteiger partial charge is 0.329 e. The molecule has 1 fully saturated rings. The first-order valence-electron chi connectivity index (χ1n) is 6.20. The van der Waals surface area contributed by atoms with Crippen molar-refractivity contribution in [1.29, 1.82) is 0 Å². The second-order valence-corrected chi connectivity index (χ2v) is 4.08. The molecule has 2 amide bonds. The zero-order chi connectivity index (χ0) is 12.5. The van der Waals surface area contributed by atoms with E-state index in [9.17, 15) is 9.59 Å². The second-order valence-electron chi connectivity index (χ2n) is 4.08. The molecule has 4 N–H and O–H groups in total. The van der Waals surface area contributed by atoms with Crippen LogP contribution in [0.4, 0.5) is 0 Å². The standard InChI is InChI=1S/C11H22N4O2/c12-4-5-13-6-7-14-8-9-15-10(16)2-1-3-11(15)17/h13-14H,1-9,12H2. The second kappa shape index (κ2) is 8.16. The summed E-state index contributed by atoms with van der Waals surface area (Å²) in [6, 6.07) is 0. The number of carbonyl (C=O) groups is 2. The summed E-state index contributed by atoms with van der Waals surface area (Å²) in [7, 11) is 0. The number of likely N-dealkylation sites (tertiary alicyclic amines) is 1. The fraction of sp³-hybridized carbons (Fsp3) is 0.818. The van der Waals surface area contributed by atoms with E-state index in [2.05, 4.69) is 10.6 Å². The highest BCUT2D eigenvalue weighted by molar-refractivity contribution is 5.97. The van der Waals surface area contributed by atoms with Crippen LogP contribution < -0.4 is 16.4 Å². The molecule has 6 heteroatoms. The van der Waals surface area contributed by atoms with Crippen molar-refractivity contribution >= 4 is 11.8 Å². The highest BCUT2D eigenvalue weighted by atomic mass is 16.2. The van der Waals surface area contributed by atoms with Gasteiger partial charge >= 0.3 is 0 Å². The van der Waals surface area contributed by atoms with Crippen molar-refractivity contribution in [3.05, 3.63) is 0 Å². The molecule has 0 aliphatic carbocycles. The van der Waals surface area contributed by atoms with E-state index in [0.717, 1.165) is 19.6 Å². The van der Waals surface area contributed by atoms with Crippen molar-refractivity contribution in [3.63, 3.8) is 0 Å². The van der Waals surface area contributed by atoms with Gasteiger partial charge in [-0.05, 0) is 6.42 Å². The van der Waals surface area contributed by atoms with Crippen molar-refractivity contribution in [2.24, 2.45) is 5.73 Å². The van der Waals surface area contributed by atoms with E-state index in [1.807, 2.05) is 0 Å². The smallest absolute Gasteiger partial charge is 0.229 e. The topological polar surface area (TPSA) is 87.5 Å². The number of rotatable bonds is 8. The van der Waals surface area contributed by atoms with Gasteiger partial charge in [0, 0.05) is 52.1 Å². The predicted octanol–water partition coefficient (Wildman–Crippen LogP) is -1.34. The van der Waals surface area contributed by atoms with Crippen LogP contribution in [-0.4, -0.2) is 56.0 Å². The average Bonchev–Trinajstić information content (AvgIpc) is 2.31. The van der Waals surface area contributed by atoms with Crippen LogP contribution in [0.1, 0.15) is 19.3 Å². The Labute approximate surface area is 102 Å². The SMILES string of the molecule is NCCNCCNCCN1C(=O)CCCC1=O. The maximum absolute atomic E-state index is 11.5. The zero-order valence-electron chi connectivity index (χ0n) is 10.2. The van der Waals surface area contributed by atoms with E-state index in [4.69, 9.17) is 5.73 Å². The molecular formula is C11H22N4O2. The molecule has 0 aromatic heterocycles. The summed E-state index contributed by atoms with van der Waals surface area (Å²) in [5, 5.41) is 6.34. The van der Waals surface area contributed by atoms with Gasteiger partial charge in [0.25, 0.3) is 0 Å². The quantitative estimate of drug-likeness (QED) is 0.362. The number of nitrogens with one attached hydrogen (secondary N) is 2. The summed E-state index contributed by atoms with van der Waals surface area (Å²) in [6.45, 7) is 4.24. The number of nitrogens with two attached hydrogens (primary N) is 1. The summed E-state index contributed by atoms with van der Waals surface area (Å²) in [5.74, 6) is -0.0754. The molecule has 1 rings (SSSR count). The first kappa shape index (κ1) is 14.1. The van der Waals surface area contributed by atoms with Crippen LogP contribution in [0.5, 0.6) is 0 Å². The number of piperidine rings is 1. The third-order valence-corrected chi connectivity index (χ3v) is 2.70. The van der Waals surface area contributed by atoms with E-state index in [1.54, 1.807) is 0 Å². The molecule has 6 nitrogen and oxygen atoms in total. The molecule has 0 spiro atoms. The minimum Gasteiger partial charge on any atom is -0.329 e. The Bertz CT molecular complexity index is 242. The van der Waals surface area contributed by atoms with Crippen LogP contribution in [-0.2, 0) is 9.59 Å². The Hall–Kier alpha value is -0.980. The molecular weight excluding hydrogens is 220 g/mol. The van der Waals surface area contributed by atoms with Crippen LogP contribution >= 0.6 is 0 Å². The maximum atomic E-state index is 11.5. The minimum absolute atomic E-state index is 0.0377. The van der Waals surface area contributed by atoms with Gasteiger partial charge in [0.1, 0.15) is 0 Å². The Morgan fingerprint density at radius 3 is 2.18 bits per heavy atom. The number of carbonyl (C=O) groups excluding carboxylic acids is 2. The van der Waals surface area contributed by atoms with E-state index < -0.39 is 0 Å². The van der Waals surface area contributed by atoms with Gasteiger partial charge in [-0.3, -0.25) is 14.5 Å². The van der Waals surface area contributed by atoms with Gasteiger partial charge in [0.15, 0.2) is 0 Å². The first-order valence-corrected chi connectivity index (χ1v) is 6.20. The van der Waals surface area contributed by atoms with Gasteiger partial charge in [-0.25, -0.2) is 0 Å². The number of imide groups is 1. The van der Waals surface area contributed by atoms with Gasteiger partial charge < -0.3 is 16.4 Å². The normalized spacial score (nSPS) is 16.6. The fourth-order valence-corrected chi connectivity index (χ4v) is 1.77. The molecule has 0 aromatic carbocycles. The Morgan fingerprint density at radius 2 is 1.59 bits per heavy atom. The number of hydrogen-bond donors (Lipinski definition) is 3. The highest BCUT2D eigenvalue weighted by Gasteiger charge is 2.24. The van der Waals surface area contributed by atoms with Crippen LogP contribution in [0.25, 0.3) is 0 Å². The van der Waals surface area contributed by atoms with Crippen LogP contribution in [0, 0.1) is 0 Å². The molecule has 1 heterocycles. The average molecular weight is 242 g/mol. The molecule has 0 atom stereocenters. The lowest BCUT2D eigenvalue weighted by Gasteiger charge is -2.24. The fourth-order valence-electron chi connectivity index (χ4n) is 1.77. The Balaban J connectivity index is 2.05. The van der Waals surface area contributed by atoms with Gasteiger partial charge in [0.05, 0.1) is 0 Å². The minimum atomic E-state index is -0.0377. The van der Waals surface area contributed by atoms with E-state index in [1.165, 1.54) is 4.90 Å². The molecule has 0 saturated carbocycles. The van der Waals surface area contributed by atoms with Crippen LogP contribution in [0.3, 0.4) is 0 Å². The summed E-state index contributed by atoms with van der Waals surface area (Å²) in [6.07, 6.45) is 1.71. The molecule has 1 saturated heterocycles. The lowest BCUT2D eigenvalue weighted by atomic mass is 10.1. The summed E-state index contributed by atoms with van der Waals surface area (Å²) in [4.78, 5) is 24.3. The molecule has 1 aliphatic heterocycles. The van der Waals surface area contributed by atoms with E-state index in [-0.39, 0.29) is 11.8 Å². The summed E-state index contributed by atoms with van der Waals surface area (Å²) >= 11 is 0. The van der Waals surface area contributed by atoms with Gasteiger partial charge in [0.2, 0.25) is 11.8 Å².